The molecule has 0 amide bonds. The van der Waals surface area contributed by atoms with E-state index in [2.05, 4.69) is 138 Å². The summed E-state index contributed by atoms with van der Waals surface area (Å²) in [7, 11) is 0. The van der Waals surface area contributed by atoms with Crippen molar-refractivity contribution >= 4 is 66.3 Å². The Balaban J connectivity index is 1.15. The molecule has 0 saturated heterocycles. The molecule has 2 aliphatic heterocycles. The first-order valence-electron chi connectivity index (χ1n) is 15.0. The average molecular weight is 614 g/mol. The van der Waals surface area contributed by atoms with Crippen LogP contribution < -0.4 is 25.4 Å². The van der Waals surface area contributed by atoms with E-state index in [1.807, 2.05) is 12.1 Å². The van der Waals surface area contributed by atoms with Gasteiger partial charge in [0.05, 0.1) is 22.4 Å². The number of para-hydroxylation sites is 3. The lowest BCUT2D eigenvalue weighted by atomic mass is 10.0. The number of fused-ring (bicyclic) bond motifs is 9. The number of benzene rings is 7. The molecule has 45 heavy (non-hydrogen) atoms. The van der Waals surface area contributed by atoms with Crippen LogP contribution in [0, 0.1) is 0 Å². The van der Waals surface area contributed by atoms with Gasteiger partial charge in [-0.2, -0.15) is 0 Å². The largest absolute Gasteiger partial charge is 0.456 e. The van der Waals surface area contributed by atoms with E-state index in [-0.39, 0.29) is 0 Å². The summed E-state index contributed by atoms with van der Waals surface area (Å²) in [4.78, 5) is 0. The maximum absolute atomic E-state index is 6.83. The Morgan fingerprint density at radius 3 is 1.80 bits per heavy atom. The first-order valence-corrected chi connectivity index (χ1v) is 17.8. The zero-order valence-electron chi connectivity index (χ0n) is 24.0. The Labute approximate surface area is 264 Å². The molecule has 1 aromatic heterocycles. The van der Waals surface area contributed by atoms with Gasteiger partial charge in [0.15, 0.2) is 0 Å². The Bertz CT molecular complexity index is 2510. The molecule has 2 aliphatic rings. The van der Waals surface area contributed by atoms with Crippen molar-refractivity contribution in [3.8, 4) is 39.8 Å². The summed E-state index contributed by atoms with van der Waals surface area (Å²) in [5.74, 6) is 3.24. The third-order valence-corrected chi connectivity index (χ3v) is 14.1. The van der Waals surface area contributed by atoms with E-state index in [0.29, 0.717) is 0 Å². The zero-order chi connectivity index (χ0) is 29.7. The van der Waals surface area contributed by atoms with E-state index in [1.165, 1.54) is 21.8 Å². The number of hydrogen-bond acceptors (Lipinski definition) is 3. The minimum Gasteiger partial charge on any atom is -0.456 e. The van der Waals surface area contributed by atoms with Gasteiger partial charge in [0.2, 0.25) is 0 Å². The van der Waals surface area contributed by atoms with Crippen molar-refractivity contribution in [2.45, 2.75) is 0 Å². The van der Waals surface area contributed by atoms with Crippen molar-refractivity contribution in [1.82, 2.24) is 4.57 Å². The first-order chi connectivity index (χ1) is 22.2. The van der Waals surface area contributed by atoms with Crippen LogP contribution in [0.5, 0.6) is 23.0 Å². The van der Waals surface area contributed by atoms with E-state index in [4.69, 9.17) is 21.3 Å². The second kappa shape index (κ2) is 9.18. The number of hydrogen-bond donors (Lipinski definition) is 0. The van der Waals surface area contributed by atoms with Gasteiger partial charge in [-0.25, -0.2) is 0 Å². The second-order valence-electron chi connectivity index (χ2n) is 11.7. The second-order valence-corrected chi connectivity index (χ2v) is 15.9. The van der Waals surface area contributed by atoms with Crippen LogP contribution in [-0.2, 0) is 11.8 Å². The number of rotatable bonds is 2. The van der Waals surface area contributed by atoms with Crippen LogP contribution >= 0.6 is 6.04 Å². The maximum atomic E-state index is 6.83. The Kier molecular flexibility index (Phi) is 5.14. The van der Waals surface area contributed by atoms with Crippen LogP contribution in [0.25, 0.3) is 49.4 Å². The lowest BCUT2D eigenvalue weighted by Gasteiger charge is -2.38. The number of nitrogens with zero attached hydrogens (tertiary/aromatic N) is 1. The lowest BCUT2D eigenvalue weighted by molar-refractivity contribution is 0.467. The van der Waals surface area contributed by atoms with Crippen molar-refractivity contribution in [2.75, 3.05) is 0 Å². The van der Waals surface area contributed by atoms with Crippen molar-refractivity contribution in [3.05, 3.63) is 146 Å². The number of ether oxygens (including phenoxy) is 2. The van der Waals surface area contributed by atoms with Crippen molar-refractivity contribution in [1.29, 1.82) is 0 Å². The van der Waals surface area contributed by atoms with Crippen LogP contribution in [0.4, 0.5) is 0 Å². The number of aromatic nitrogens is 1. The molecule has 0 fully saturated rings. The molecule has 1 atom stereocenters. The van der Waals surface area contributed by atoms with Crippen LogP contribution in [0.2, 0.25) is 0 Å². The van der Waals surface area contributed by atoms with Crippen LogP contribution in [0.15, 0.2) is 146 Å². The summed E-state index contributed by atoms with van der Waals surface area (Å²) in [5.41, 5.74) is 5.63. The van der Waals surface area contributed by atoms with Gasteiger partial charge in [-0.1, -0.05) is 103 Å². The third kappa shape index (κ3) is 3.44. The predicted molar refractivity (Wildman–Crippen MR) is 190 cm³/mol. The molecule has 10 rings (SSSR count). The minimum atomic E-state index is -2.48. The molecule has 7 aromatic carbocycles. The summed E-state index contributed by atoms with van der Waals surface area (Å²) in [5, 5.41) is 8.02. The standard InChI is InChI=1S/C40H24NO2PS/c45-44-38-16-8-7-15-34(38)42-36-23-27(24-37(40(36)44)43-35-22-19-26-9-1-2-10-29(26)39(35)44)25-17-20-28(21-18-25)41-32-13-5-3-11-30(32)31-12-4-6-14-33(31)41/h1-24H. The van der Waals surface area contributed by atoms with Gasteiger partial charge in [-0.3, -0.25) is 0 Å². The normalized spacial score (nSPS) is 16.1. The van der Waals surface area contributed by atoms with Crippen molar-refractivity contribution in [2.24, 2.45) is 0 Å². The summed E-state index contributed by atoms with van der Waals surface area (Å²) < 4.78 is 15.7. The smallest absolute Gasteiger partial charge is 0.140 e. The van der Waals surface area contributed by atoms with E-state index >= 15 is 0 Å². The Morgan fingerprint density at radius 1 is 0.467 bits per heavy atom. The molecule has 0 bridgehead atoms. The van der Waals surface area contributed by atoms with Gasteiger partial charge in [-0.15, -0.1) is 0 Å². The molecule has 0 spiro atoms. The maximum Gasteiger partial charge on any atom is 0.140 e. The topological polar surface area (TPSA) is 23.4 Å². The highest BCUT2D eigenvalue weighted by Crippen LogP contribution is 2.60. The fraction of sp³-hybridized carbons (Fsp3) is 0. The monoisotopic (exact) mass is 613 g/mol. The van der Waals surface area contributed by atoms with Gasteiger partial charge in [0.1, 0.15) is 23.0 Å². The summed E-state index contributed by atoms with van der Waals surface area (Å²) in [6.07, 6.45) is 0. The first kappa shape index (κ1) is 25.2. The van der Waals surface area contributed by atoms with Crippen LogP contribution in [0.3, 0.4) is 0 Å². The van der Waals surface area contributed by atoms with E-state index < -0.39 is 6.04 Å². The van der Waals surface area contributed by atoms with Gasteiger partial charge in [-0.05, 0) is 76.5 Å². The van der Waals surface area contributed by atoms with Gasteiger partial charge in [0, 0.05) is 27.1 Å². The molecule has 0 saturated carbocycles. The minimum absolute atomic E-state index is 0.787. The van der Waals surface area contributed by atoms with E-state index in [0.717, 1.165) is 66.5 Å². The predicted octanol–water partition coefficient (Wildman–Crippen LogP) is 9.57. The molecule has 5 heteroatoms. The molecule has 3 heterocycles. The highest BCUT2D eigenvalue weighted by molar-refractivity contribution is 8.26. The van der Waals surface area contributed by atoms with E-state index in [1.54, 1.807) is 0 Å². The molecular formula is C40H24NO2PS. The summed E-state index contributed by atoms with van der Waals surface area (Å²) in [6.45, 7) is 0. The Morgan fingerprint density at radius 2 is 1.07 bits per heavy atom. The average Bonchev–Trinajstić information content (AvgIpc) is 3.42. The van der Waals surface area contributed by atoms with Crippen molar-refractivity contribution in [3.63, 3.8) is 0 Å². The summed E-state index contributed by atoms with van der Waals surface area (Å²) >= 11 is 6.83. The highest BCUT2D eigenvalue weighted by Gasteiger charge is 2.43. The molecule has 212 valence electrons. The zero-order valence-corrected chi connectivity index (χ0v) is 25.7. The summed E-state index contributed by atoms with van der Waals surface area (Å²) in [6, 6.07) is 48.7. The molecule has 0 radical (unpaired) electrons. The van der Waals surface area contributed by atoms with Gasteiger partial charge >= 0.3 is 0 Å². The molecule has 0 aliphatic carbocycles. The highest BCUT2D eigenvalue weighted by atomic mass is 32.4. The molecule has 8 aromatic rings. The van der Waals surface area contributed by atoms with Gasteiger partial charge in [0.25, 0.3) is 0 Å². The van der Waals surface area contributed by atoms with Crippen LogP contribution in [0.1, 0.15) is 0 Å². The lowest BCUT2D eigenvalue weighted by Crippen LogP contribution is -2.35. The van der Waals surface area contributed by atoms with E-state index in [9.17, 15) is 0 Å². The third-order valence-electron chi connectivity index (χ3n) is 9.22. The molecule has 3 nitrogen and oxygen atoms in total. The van der Waals surface area contributed by atoms with Crippen molar-refractivity contribution < 1.29 is 9.47 Å². The van der Waals surface area contributed by atoms with Crippen LogP contribution in [-0.4, -0.2) is 4.57 Å². The molecule has 0 N–H and O–H groups in total. The SMILES string of the molecule is S=P12c3ccccc3Oc3cc(-c4ccc(-n5c6ccccc6c6ccccc65)cc4)cc(c31)Oc1ccc3ccccc3c12. The fourth-order valence-electron chi connectivity index (χ4n) is 7.25. The van der Waals surface area contributed by atoms with Gasteiger partial charge < -0.3 is 14.0 Å². The Hall–Kier alpha value is -5.15. The quantitative estimate of drug-likeness (QED) is 0.182. The fourth-order valence-corrected chi connectivity index (χ4v) is 12.1. The molecular weight excluding hydrogens is 589 g/mol. The molecule has 1 unspecified atom stereocenters.